The lowest BCUT2D eigenvalue weighted by molar-refractivity contribution is -0.107. The van der Waals surface area contributed by atoms with Crippen LogP contribution in [0.5, 0.6) is 0 Å². The Morgan fingerprint density at radius 3 is 2.64 bits per heavy atom. The molecule has 0 aromatic carbocycles. The molecule has 0 saturated carbocycles. The summed E-state index contributed by atoms with van der Waals surface area (Å²) in [6, 6.07) is 0. The molecule has 1 nitrogen and oxygen atoms in total. The van der Waals surface area contributed by atoms with Crippen molar-refractivity contribution >= 4 is 6.29 Å². The third kappa shape index (κ3) is 7.31. The molecule has 0 heterocycles. The van der Waals surface area contributed by atoms with Gasteiger partial charge in [0.1, 0.15) is 6.29 Å². The molecule has 0 aromatic rings. The lowest BCUT2D eigenvalue weighted by Gasteiger charge is -1.99. The highest BCUT2D eigenvalue weighted by atomic mass is 16.1. The summed E-state index contributed by atoms with van der Waals surface area (Å²) in [6.07, 6.45) is 7.54. The summed E-state index contributed by atoms with van der Waals surface area (Å²) in [7, 11) is 0. The van der Waals surface area contributed by atoms with Gasteiger partial charge in [-0.15, -0.1) is 0 Å². The Morgan fingerprint density at radius 2 is 2.09 bits per heavy atom. The van der Waals surface area contributed by atoms with Crippen molar-refractivity contribution in [2.24, 2.45) is 0 Å². The van der Waals surface area contributed by atoms with Crippen molar-refractivity contribution in [3.8, 4) is 0 Å². The van der Waals surface area contributed by atoms with Gasteiger partial charge >= 0.3 is 0 Å². The van der Waals surface area contributed by atoms with E-state index in [2.05, 4.69) is 13.5 Å². The summed E-state index contributed by atoms with van der Waals surface area (Å²) in [5.41, 5.74) is 1.08. The molecular formula is C10H18O. The van der Waals surface area contributed by atoms with Gasteiger partial charge in [0.15, 0.2) is 0 Å². The van der Waals surface area contributed by atoms with Gasteiger partial charge in [0.05, 0.1) is 0 Å². The van der Waals surface area contributed by atoms with Crippen LogP contribution < -0.4 is 0 Å². The number of hydrogen-bond acceptors (Lipinski definition) is 1. The SMILES string of the molecule is C=C(CC=O)CCCCCC. The monoisotopic (exact) mass is 154 g/mol. The van der Waals surface area contributed by atoms with Gasteiger partial charge in [0.2, 0.25) is 0 Å². The molecule has 0 aliphatic heterocycles. The molecule has 0 aliphatic carbocycles. The smallest absolute Gasteiger partial charge is 0.124 e. The van der Waals surface area contributed by atoms with Gasteiger partial charge in [-0.05, 0) is 12.8 Å². The molecule has 0 rings (SSSR count). The first-order chi connectivity index (χ1) is 5.31. The maximum Gasteiger partial charge on any atom is 0.124 e. The third-order valence-corrected chi connectivity index (χ3v) is 1.76. The number of hydrogen-bond donors (Lipinski definition) is 0. The number of carbonyl (C=O) groups is 1. The van der Waals surface area contributed by atoms with Gasteiger partial charge in [0.25, 0.3) is 0 Å². The van der Waals surface area contributed by atoms with E-state index in [1.165, 1.54) is 25.7 Å². The predicted octanol–water partition coefficient (Wildman–Crippen LogP) is 3.10. The van der Waals surface area contributed by atoms with Crippen molar-refractivity contribution in [2.75, 3.05) is 0 Å². The fourth-order valence-electron chi connectivity index (χ4n) is 1.02. The molecule has 0 unspecified atom stereocenters. The average molecular weight is 154 g/mol. The molecular weight excluding hydrogens is 136 g/mol. The maximum atomic E-state index is 10.0. The molecule has 0 saturated heterocycles. The Hall–Kier alpha value is -0.590. The Labute approximate surface area is 69.5 Å². The molecule has 0 aliphatic rings. The van der Waals surface area contributed by atoms with E-state index in [4.69, 9.17) is 0 Å². The van der Waals surface area contributed by atoms with Crippen LogP contribution in [0.4, 0.5) is 0 Å². The minimum absolute atomic E-state index is 0.548. The lowest BCUT2D eigenvalue weighted by atomic mass is 10.1. The molecule has 64 valence electrons. The van der Waals surface area contributed by atoms with Crippen molar-refractivity contribution in [1.82, 2.24) is 0 Å². The van der Waals surface area contributed by atoms with Crippen LogP contribution in [0.15, 0.2) is 12.2 Å². The molecule has 0 fully saturated rings. The molecule has 0 N–H and O–H groups in total. The second-order valence-electron chi connectivity index (χ2n) is 2.93. The number of rotatable bonds is 7. The van der Waals surface area contributed by atoms with E-state index in [1.54, 1.807) is 0 Å². The van der Waals surface area contributed by atoms with Gasteiger partial charge in [-0.25, -0.2) is 0 Å². The second kappa shape index (κ2) is 7.52. The highest BCUT2D eigenvalue weighted by molar-refractivity contribution is 5.53. The highest BCUT2D eigenvalue weighted by Crippen LogP contribution is 2.09. The van der Waals surface area contributed by atoms with Crippen LogP contribution in [0.1, 0.15) is 45.4 Å². The molecule has 0 aromatic heterocycles. The van der Waals surface area contributed by atoms with Crippen LogP contribution in [0.2, 0.25) is 0 Å². The first-order valence-electron chi connectivity index (χ1n) is 4.41. The van der Waals surface area contributed by atoms with Crippen LogP contribution >= 0.6 is 0 Å². The zero-order valence-corrected chi connectivity index (χ0v) is 7.44. The van der Waals surface area contributed by atoms with Crippen LogP contribution in [0.25, 0.3) is 0 Å². The number of carbonyl (C=O) groups excluding carboxylic acids is 1. The summed E-state index contributed by atoms with van der Waals surface area (Å²) in [6.45, 7) is 6.01. The van der Waals surface area contributed by atoms with Gasteiger partial charge in [-0.3, -0.25) is 0 Å². The van der Waals surface area contributed by atoms with Crippen molar-refractivity contribution in [2.45, 2.75) is 45.4 Å². The fourth-order valence-corrected chi connectivity index (χ4v) is 1.02. The largest absolute Gasteiger partial charge is 0.303 e. The standard InChI is InChI=1S/C10H18O/c1-3-4-5-6-7-10(2)8-9-11/h9H,2-8H2,1H3. The molecule has 0 radical (unpaired) electrons. The van der Waals surface area contributed by atoms with Crippen molar-refractivity contribution in [3.05, 3.63) is 12.2 Å². The van der Waals surface area contributed by atoms with Gasteiger partial charge in [0, 0.05) is 6.42 Å². The maximum absolute atomic E-state index is 10.0. The van der Waals surface area contributed by atoms with E-state index in [0.717, 1.165) is 18.3 Å². The predicted molar refractivity (Wildman–Crippen MR) is 48.6 cm³/mol. The molecule has 0 amide bonds. The number of unbranched alkanes of at least 4 members (excludes halogenated alkanes) is 3. The Kier molecular flexibility index (Phi) is 7.11. The summed E-state index contributed by atoms with van der Waals surface area (Å²) in [5, 5.41) is 0. The van der Waals surface area contributed by atoms with E-state index in [1.807, 2.05) is 0 Å². The highest BCUT2D eigenvalue weighted by Gasteiger charge is 1.92. The van der Waals surface area contributed by atoms with E-state index in [0.29, 0.717) is 6.42 Å². The van der Waals surface area contributed by atoms with Gasteiger partial charge in [-0.2, -0.15) is 0 Å². The Balaban J connectivity index is 3.10. The zero-order valence-electron chi connectivity index (χ0n) is 7.44. The first-order valence-corrected chi connectivity index (χ1v) is 4.41. The Morgan fingerprint density at radius 1 is 1.36 bits per heavy atom. The van der Waals surface area contributed by atoms with E-state index >= 15 is 0 Å². The summed E-state index contributed by atoms with van der Waals surface area (Å²) in [5.74, 6) is 0. The first kappa shape index (κ1) is 10.4. The molecule has 0 atom stereocenters. The Bertz CT molecular complexity index is 116. The minimum atomic E-state index is 0.548. The molecule has 1 heteroatoms. The van der Waals surface area contributed by atoms with Crippen LogP contribution in [-0.4, -0.2) is 6.29 Å². The average Bonchev–Trinajstić information content (AvgIpc) is 1.99. The summed E-state index contributed by atoms with van der Waals surface area (Å²) >= 11 is 0. The van der Waals surface area contributed by atoms with Crippen LogP contribution in [0, 0.1) is 0 Å². The van der Waals surface area contributed by atoms with Crippen molar-refractivity contribution < 1.29 is 4.79 Å². The van der Waals surface area contributed by atoms with E-state index < -0.39 is 0 Å². The molecule has 0 bridgehead atoms. The van der Waals surface area contributed by atoms with Crippen molar-refractivity contribution in [1.29, 1.82) is 0 Å². The van der Waals surface area contributed by atoms with Crippen molar-refractivity contribution in [3.63, 3.8) is 0 Å². The summed E-state index contributed by atoms with van der Waals surface area (Å²) in [4.78, 5) is 10.0. The van der Waals surface area contributed by atoms with Gasteiger partial charge in [-0.1, -0.05) is 38.3 Å². The zero-order chi connectivity index (χ0) is 8.53. The normalized spacial score (nSPS) is 9.55. The van der Waals surface area contributed by atoms with Gasteiger partial charge < -0.3 is 4.79 Å². The van der Waals surface area contributed by atoms with Crippen LogP contribution in [-0.2, 0) is 4.79 Å². The minimum Gasteiger partial charge on any atom is -0.303 e. The fraction of sp³-hybridized carbons (Fsp3) is 0.700. The quantitative estimate of drug-likeness (QED) is 0.313. The second-order valence-corrected chi connectivity index (χ2v) is 2.93. The van der Waals surface area contributed by atoms with E-state index in [9.17, 15) is 4.79 Å². The molecule has 0 spiro atoms. The number of allylic oxidation sites excluding steroid dienone is 1. The third-order valence-electron chi connectivity index (χ3n) is 1.76. The summed E-state index contributed by atoms with van der Waals surface area (Å²) < 4.78 is 0. The van der Waals surface area contributed by atoms with Crippen LogP contribution in [0.3, 0.4) is 0 Å². The lowest BCUT2D eigenvalue weighted by Crippen LogP contribution is -1.83. The number of aldehydes is 1. The van der Waals surface area contributed by atoms with E-state index in [-0.39, 0.29) is 0 Å². The molecule has 11 heavy (non-hydrogen) atoms. The topological polar surface area (TPSA) is 17.1 Å².